The molecule has 2 amide bonds. The number of aliphatic hydroxyl groups is 4. The van der Waals surface area contributed by atoms with Gasteiger partial charge in [-0.25, -0.2) is 0 Å². The number of phenolic OH excluding ortho intramolecular Hbond substituents is 4. The molecular formula is C58H74N2O14. The largest absolute Gasteiger partial charge is 0.504 e. The number of hydrogen-bond donors (Lipinski definition) is 10. The van der Waals surface area contributed by atoms with Crippen molar-refractivity contribution in [1.29, 1.82) is 0 Å². The van der Waals surface area contributed by atoms with E-state index in [0.29, 0.717) is 86.5 Å². The molecule has 1 aliphatic rings. The molecule has 0 aromatic heterocycles. The first kappa shape index (κ1) is 60.8. The molecular weight excluding hydrogens is 949 g/mol. The summed E-state index contributed by atoms with van der Waals surface area (Å²) < 4.78 is 26.6. The van der Waals surface area contributed by atoms with Crippen LogP contribution in [-0.4, -0.2) is 108 Å². The molecule has 6 aromatic carbocycles. The summed E-state index contributed by atoms with van der Waals surface area (Å²) in [7, 11) is 4.00. The number of anilines is 2. The lowest BCUT2D eigenvalue weighted by molar-refractivity contribution is 0.101. The number of rotatable bonds is 16. The summed E-state index contributed by atoms with van der Waals surface area (Å²) in [5, 5.41) is 75.7. The van der Waals surface area contributed by atoms with E-state index in [1.165, 1.54) is 36.4 Å². The van der Waals surface area contributed by atoms with Gasteiger partial charge >= 0.3 is 0 Å². The van der Waals surface area contributed by atoms with E-state index < -0.39 is 34.8 Å². The van der Waals surface area contributed by atoms with Crippen molar-refractivity contribution in [3.63, 3.8) is 0 Å². The van der Waals surface area contributed by atoms with E-state index in [-0.39, 0.29) is 11.1 Å². The summed E-state index contributed by atoms with van der Waals surface area (Å²) in [6.07, 6.45) is 4.44. The van der Waals surface area contributed by atoms with Crippen LogP contribution in [0.2, 0.25) is 0 Å². The Morgan fingerprint density at radius 3 is 0.892 bits per heavy atom. The molecule has 0 unspecified atom stereocenters. The maximum Gasteiger partial charge on any atom is 0.259 e. The first-order valence-electron chi connectivity index (χ1n) is 24.5. The summed E-state index contributed by atoms with van der Waals surface area (Å²) in [5.74, 6) is -0.266. The van der Waals surface area contributed by atoms with Gasteiger partial charge in [0.05, 0.1) is 37.6 Å². The Kier molecular flexibility index (Phi) is 26.2. The number of hydrogen-bond acceptors (Lipinski definition) is 14. The molecule has 10 N–H and O–H groups in total. The number of carbonyl (C=O) groups is 2. The fraction of sp³-hybridized carbons (Fsp3) is 0.345. The molecule has 400 valence electrons. The Balaban J connectivity index is 0.00000172. The first-order valence-corrected chi connectivity index (χ1v) is 24.5. The minimum atomic E-state index is -0.593. The monoisotopic (exact) mass is 1020 g/mol. The highest BCUT2D eigenvalue weighted by Crippen LogP contribution is 2.42. The van der Waals surface area contributed by atoms with Gasteiger partial charge in [0.1, 0.15) is 23.0 Å². The van der Waals surface area contributed by atoms with Crippen molar-refractivity contribution < 1.29 is 69.4 Å². The van der Waals surface area contributed by atoms with Crippen LogP contribution >= 0.6 is 0 Å². The quantitative estimate of drug-likeness (QED) is 0.0405. The van der Waals surface area contributed by atoms with Crippen molar-refractivity contribution >= 4 is 23.2 Å². The van der Waals surface area contributed by atoms with Crippen molar-refractivity contribution in [2.75, 3.05) is 65.5 Å². The zero-order valence-corrected chi connectivity index (χ0v) is 43.8. The summed E-state index contributed by atoms with van der Waals surface area (Å²) in [6, 6.07) is 28.1. The number of aliphatic hydroxyl groups excluding tert-OH is 4. The lowest BCUT2D eigenvalue weighted by atomic mass is 9.90. The normalized spacial score (nSPS) is 11.0. The minimum Gasteiger partial charge on any atom is -0.504 e. The lowest BCUT2D eigenvalue weighted by Crippen LogP contribution is -2.15. The third-order valence-corrected chi connectivity index (χ3v) is 11.2. The van der Waals surface area contributed by atoms with Crippen LogP contribution < -0.4 is 29.6 Å². The van der Waals surface area contributed by atoms with Crippen molar-refractivity contribution in [1.82, 2.24) is 0 Å². The second-order valence-electron chi connectivity index (χ2n) is 16.4. The Bertz CT molecular complexity index is 2450. The Morgan fingerprint density at radius 1 is 0.392 bits per heavy atom. The smallest absolute Gasteiger partial charge is 0.259 e. The lowest BCUT2D eigenvalue weighted by Gasteiger charge is -2.24. The van der Waals surface area contributed by atoms with Crippen LogP contribution in [0.4, 0.5) is 11.4 Å². The Labute approximate surface area is 434 Å². The van der Waals surface area contributed by atoms with Crippen molar-refractivity contribution in [3.05, 3.63) is 153 Å². The number of amides is 2. The molecule has 16 nitrogen and oxygen atoms in total. The van der Waals surface area contributed by atoms with E-state index in [2.05, 4.69) is 24.5 Å². The van der Waals surface area contributed by atoms with Crippen molar-refractivity contribution in [3.8, 4) is 46.0 Å². The fourth-order valence-corrected chi connectivity index (χ4v) is 8.22. The van der Waals surface area contributed by atoms with Crippen LogP contribution in [0.3, 0.4) is 0 Å². The van der Waals surface area contributed by atoms with E-state index >= 15 is 0 Å². The summed E-state index contributed by atoms with van der Waals surface area (Å²) in [5.41, 5.74) is 7.49. The van der Waals surface area contributed by atoms with Crippen LogP contribution in [0.25, 0.3) is 0 Å². The van der Waals surface area contributed by atoms with Crippen molar-refractivity contribution in [2.45, 2.75) is 79.1 Å². The third-order valence-electron chi connectivity index (χ3n) is 11.2. The van der Waals surface area contributed by atoms with Gasteiger partial charge < -0.3 is 70.4 Å². The molecule has 0 aliphatic heterocycles. The molecule has 16 heteroatoms. The van der Waals surface area contributed by atoms with Crippen LogP contribution in [0.1, 0.15) is 119 Å². The van der Waals surface area contributed by atoms with Gasteiger partial charge in [-0.1, -0.05) is 76.2 Å². The van der Waals surface area contributed by atoms with Gasteiger partial charge in [0.25, 0.3) is 11.8 Å². The molecule has 74 heavy (non-hydrogen) atoms. The predicted octanol–water partition coefficient (Wildman–Crippen LogP) is 9.28. The number of phenols is 4. The standard InChI is InChI=1S/C54H58N2O10.4CH4O/c1-5-21-63-49-33-13-9-14-34(49)26-38-30-42(56-54(62)44-18-12-20-46(58)48(44)60)32-40(52(38)66-24-8-4)28-36-16-10-15-35(50(36)64-22-6-2)27-39-31-41(29-37(25-33)51(39)65-23-7-3)55-53(61)43-17-11-19-45(57)47(43)59;4*1-2/h9-20,29-32,57-60H,5-8,21-28H2,1-4H3,(H,55,61)(H,56,62);4*2H,1H3. The van der Waals surface area contributed by atoms with Gasteiger partial charge in [-0.15, -0.1) is 0 Å². The topological polar surface area (TPSA) is 257 Å². The Morgan fingerprint density at radius 2 is 0.635 bits per heavy atom. The van der Waals surface area contributed by atoms with Crippen LogP contribution in [0.15, 0.2) is 97.1 Å². The number of nitrogens with one attached hydrogen (secondary N) is 2. The molecule has 7 rings (SSSR count). The number of carbonyl (C=O) groups excluding carboxylic acids is 2. The zero-order valence-electron chi connectivity index (χ0n) is 43.8. The Hall–Kier alpha value is -7.50. The second kappa shape index (κ2) is 31.8. The highest BCUT2D eigenvalue weighted by molar-refractivity contribution is 6.07. The van der Waals surface area contributed by atoms with E-state index in [1.54, 1.807) is 0 Å². The average molecular weight is 1020 g/mol. The number of fused-ring (bicyclic) bond motifs is 8. The average Bonchev–Trinajstić information content (AvgIpc) is 3.41. The highest BCUT2D eigenvalue weighted by atomic mass is 16.5. The molecule has 0 saturated heterocycles. The highest BCUT2D eigenvalue weighted by Gasteiger charge is 2.25. The first-order chi connectivity index (χ1) is 36.0. The molecule has 0 radical (unpaired) electrons. The number of para-hydroxylation sites is 4. The van der Waals surface area contributed by atoms with Gasteiger partial charge in [0.15, 0.2) is 23.0 Å². The summed E-state index contributed by atoms with van der Waals surface area (Å²) in [4.78, 5) is 27.6. The molecule has 0 heterocycles. The van der Waals surface area contributed by atoms with Gasteiger partial charge in [0.2, 0.25) is 0 Å². The molecule has 0 saturated carbocycles. The van der Waals surface area contributed by atoms with Gasteiger partial charge in [-0.3, -0.25) is 9.59 Å². The minimum absolute atomic E-state index is 0.0736. The SMILES string of the molecule is CCCOc1c2cccc1Cc1cc(NC(=O)c3cccc(O)c3O)cc(c1OCCC)Cc1cccc(c1OCCC)Cc1cc(NC(=O)c3cccc(O)c3O)cc(c1OCCC)C2.CO.CO.CO.CO. The summed E-state index contributed by atoms with van der Waals surface area (Å²) >= 11 is 0. The van der Waals surface area contributed by atoms with E-state index in [9.17, 15) is 30.0 Å². The van der Waals surface area contributed by atoms with Gasteiger partial charge in [-0.2, -0.15) is 0 Å². The number of aromatic hydroxyl groups is 4. The molecule has 1 aliphatic carbocycles. The molecule has 0 fully saturated rings. The predicted molar refractivity (Wildman–Crippen MR) is 288 cm³/mol. The molecule has 8 bridgehead atoms. The fourth-order valence-electron chi connectivity index (χ4n) is 8.22. The maximum absolute atomic E-state index is 13.8. The molecule has 6 aromatic rings. The van der Waals surface area contributed by atoms with Crippen LogP contribution in [0.5, 0.6) is 46.0 Å². The second-order valence-corrected chi connectivity index (χ2v) is 16.4. The summed E-state index contributed by atoms with van der Waals surface area (Å²) in [6.45, 7) is 9.98. The molecule has 0 atom stereocenters. The van der Waals surface area contributed by atoms with Gasteiger partial charge in [0, 0.05) is 87.8 Å². The maximum atomic E-state index is 13.8. The van der Waals surface area contributed by atoms with Crippen LogP contribution in [0, 0.1) is 0 Å². The van der Waals surface area contributed by atoms with E-state index in [4.69, 9.17) is 39.4 Å². The zero-order chi connectivity index (χ0) is 54.7. The number of benzene rings is 6. The molecule has 0 spiro atoms. The van der Waals surface area contributed by atoms with E-state index in [1.807, 2.05) is 74.5 Å². The third kappa shape index (κ3) is 15.8. The number of ether oxygens (including phenoxy) is 4. The van der Waals surface area contributed by atoms with E-state index in [0.717, 1.165) is 98.6 Å². The van der Waals surface area contributed by atoms with Crippen LogP contribution in [-0.2, 0) is 25.7 Å². The van der Waals surface area contributed by atoms with Gasteiger partial charge in [-0.05, 0) is 96.5 Å². The van der Waals surface area contributed by atoms with Crippen molar-refractivity contribution in [2.24, 2.45) is 0 Å².